The molecule has 6 nitrogen and oxygen atoms in total. The predicted molar refractivity (Wildman–Crippen MR) is 111 cm³/mol. The minimum absolute atomic E-state index is 0.0610. The first-order valence-corrected chi connectivity index (χ1v) is 11.0. The van der Waals surface area contributed by atoms with E-state index in [1.54, 1.807) is 0 Å². The van der Waals surface area contributed by atoms with Crippen molar-refractivity contribution in [1.82, 2.24) is 19.6 Å². The number of likely N-dealkylation sites (N-methyl/N-ethyl adjacent to an activating group) is 1. The summed E-state index contributed by atoms with van der Waals surface area (Å²) in [7, 11) is 2.07. The van der Waals surface area contributed by atoms with Gasteiger partial charge in [0.05, 0.1) is 19.2 Å². The second kappa shape index (κ2) is 11.0. The van der Waals surface area contributed by atoms with E-state index in [0.29, 0.717) is 19.6 Å². The van der Waals surface area contributed by atoms with Crippen molar-refractivity contribution in [3.05, 3.63) is 0 Å². The van der Waals surface area contributed by atoms with Gasteiger partial charge in [0.2, 0.25) is 5.91 Å². The maximum absolute atomic E-state index is 14.4. The van der Waals surface area contributed by atoms with Crippen molar-refractivity contribution in [3.63, 3.8) is 0 Å². The molecule has 29 heavy (non-hydrogen) atoms. The smallest absolute Gasteiger partial charge is 0.283 e. The molecule has 0 saturated carbocycles. The number of alkyl halides is 2. The lowest BCUT2D eigenvalue weighted by atomic mass is 10.1. The minimum atomic E-state index is -2.86. The summed E-state index contributed by atoms with van der Waals surface area (Å²) in [5.74, 6) is -2.71. The van der Waals surface area contributed by atoms with Crippen LogP contribution in [0.25, 0.3) is 0 Å². The summed E-state index contributed by atoms with van der Waals surface area (Å²) in [6, 6.07) is 0.122. The number of ether oxygens (including phenoxy) is 1. The van der Waals surface area contributed by atoms with Crippen LogP contribution in [0.15, 0.2) is 0 Å². The molecule has 2 aliphatic heterocycles. The Morgan fingerprint density at radius 1 is 1.14 bits per heavy atom. The highest BCUT2D eigenvalue weighted by molar-refractivity contribution is 5.78. The molecule has 0 aromatic rings. The molecule has 170 valence electrons. The van der Waals surface area contributed by atoms with E-state index >= 15 is 0 Å². The SMILES string of the molecule is CCCC(C)OCC(F)(F)CN1CC(C)N(CC(=O)N2CCN(C)CC2)C(C)C1. The van der Waals surface area contributed by atoms with Crippen molar-refractivity contribution in [2.75, 3.05) is 66.0 Å². The van der Waals surface area contributed by atoms with Crippen molar-refractivity contribution in [3.8, 4) is 0 Å². The Bertz CT molecular complexity index is 503. The van der Waals surface area contributed by atoms with Crippen LogP contribution in [0.2, 0.25) is 0 Å². The minimum Gasteiger partial charge on any atom is -0.372 e. The van der Waals surface area contributed by atoms with Gasteiger partial charge in [-0.1, -0.05) is 13.3 Å². The van der Waals surface area contributed by atoms with Gasteiger partial charge in [0.25, 0.3) is 5.92 Å². The molecule has 8 heteroatoms. The van der Waals surface area contributed by atoms with Crippen LogP contribution in [0.3, 0.4) is 0 Å². The number of halogens is 2. The van der Waals surface area contributed by atoms with Gasteiger partial charge < -0.3 is 14.5 Å². The first-order valence-electron chi connectivity index (χ1n) is 11.0. The Balaban J connectivity index is 1.81. The van der Waals surface area contributed by atoms with E-state index in [-0.39, 0.29) is 30.6 Å². The predicted octanol–water partition coefficient (Wildman–Crippen LogP) is 2.00. The summed E-state index contributed by atoms with van der Waals surface area (Å²) in [6.45, 7) is 11.9. The summed E-state index contributed by atoms with van der Waals surface area (Å²) >= 11 is 0. The quantitative estimate of drug-likeness (QED) is 0.573. The Kier molecular flexibility index (Phi) is 9.25. The van der Waals surface area contributed by atoms with Crippen LogP contribution in [0.4, 0.5) is 8.78 Å². The van der Waals surface area contributed by atoms with E-state index in [1.165, 1.54) is 0 Å². The molecule has 2 saturated heterocycles. The highest BCUT2D eigenvalue weighted by atomic mass is 19.3. The van der Waals surface area contributed by atoms with Crippen molar-refractivity contribution >= 4 is 5.91 Å². The summed E-state index contributed by atoms with van der Waals surface area (Å²) < 4.78 is 34.1. The molecular weight excluding hydrogens is 378 g/mol. The molecule has 0 bridgehead atoms. The molecule has 2 fully saturated rings. The Hall–Kier alpha value is -0.830. The molecule has 0 N–H and O–H groups in total. The number of rotatable bonds is 9. The van der Waals surface area contributed by atoms with Gasteiger partial charge >= 0.3 is 0 Å². The molecule has 3 atom stereocenters. The molecule has 1 amide bonds. The maximum atomic E-state index is 14.4. The molecule has 0 aliphatic carbocycles. The lowest BCUT2D eigenvalue weighted by molar-refractivity contribution is -0.138. The van der Waals surface area contributed by atoms with E-state index in [2.05, 4.69) is 16.8 Å². The first kappa shape index (κ1) is 24.4. The zero-order valence-electron chi connectivity index (χ0n) is 18.9. The topological polar surface area (TPSA) is 39.3 Å². The average Bonchev–Trinajstić information content (AvgIpc) is 2.63. The lowest BCUT2D eigenvalue weighted by Gasteiger charge is -2.45. The molecule has 2 aliphatic rings. The Morgan fingerprint density at radius 3 is 2.28 bits per heavy atom. The maximum Gasteiger partial charge on any atom is 0.283 e. The number of hydrogen-bond acceptors (Lipinski definition) is 5. The summed E-state index contributed by atoms with van der Waals surface area (Å²) in [5.41, 5.74) is 0. The highest BCUT2D eigenvalue weighted by Crippen LogP contribution is 2.22. The monoisotopic (exact) mass is 418 g/mol. The van der Waals surface area contributed by atoms with Gasteiger partial charge in [-0.3, -0.25) is 14.6 Å². The van der Waals surface area contributed by atoms with Gasteiger partial charge in [-0.05, 0) is 34.2 Å². The van der Waals surface area contributed by atoms with E-state index in [0.717, 1.165) is 39.0 Å². The van der Waals surface area contributed by atoms with Crippen LogP contribution in [0, 0.1) is 0 Å². The number of carbonyl (C=O) groups excluding carboxylic acids is 1. The number of nitrogens with zero attached hydrogens (tertiary/aromatic N) is 4. The Labute approximate surface area is 175 Å². The van der Waals surface area contributed by atoms with Crippen LogP contribution in [-0.4, -0.2) is 116 Å². The van der Waals surface area contributed by atoms with Gasteiger partial charge in [-0.2, -0.15) is 0 Å². The molecule has 2 heterocycles. The van der Waals surface area contributed by atoms with E-state index in [4.69, 9.17) is 4.74 Å². The second-order valence-electron chi connectivity index (χ2n) is 9.01. The number of piperazine rings is 2. The molecule has 0 aromatic heterocycles. The van der Waals surface area contributed by atoms with Gasteiger partial charge in [-0.25, -0.2) is 8.78 Å². The normalized spacial score (nSPS) is 26.7. The lowest BCUT2D eigenvalue weighted by Crippen LogP contribution is -2.61. The van der Waals surface area contributed by atoms with Crippen molar-refractivity contribution < 1.29 is 18.3 Å². The van der Waals surface area contributed by atoms with Crippen LogP contribution in [0.5, 0.6) is 0 Å². The third kappa shape index (κ3) is 7.74. The number of hydrogen-bond donors (Lipinski definition) is 0. The van der Waals surface area contributed by atoms with Crippen LogP contribution in [0.1, 0.15) is 40.5 Å². The molecule has 0 aromatic carbocycles. The number of carbonyl (C=O) groups is 1. The molecule has 0 spiro atoms. The van der Waals surface area contributed by atoms with Crippen LogP contribution in [-0.2, 0) is 9.53 Å². The largest absolute Gasteiger partial charge is 0.372 e. The van der Waals surface area contributed by atoms with E-state index in [1.807, 2.05) is 37.5 Å². The van der Waals surface area contributed by atoms with Gasteiger partial charge in [0.15, 0.2) is 0 Å². The fourth-order valence-corrected chi connectivity index (χ4v) is 4.35. The fraction of sp³-hybridized carbons (Fsp3) is 0.952. The van der Waals surface area contributed by atoms with Crippen molar-refractivity contribution in [2.45, 2.75) is 64.6 Å². The third-order valence-electron chi connectivity index (χ3n) is 6.08. The average molecular weight is 419 g/mol. The van der Waals surface area contributed by atoms with E-state index < -0.39 is 12.5 Å². The van der Waals surface area contributed by atoms with Crippen LogP contribution >= 0.6 is 0 Å². The molecule has 3 unspecified atom stereocenters. The van der Waals surface area contributed by atoms with Gasteiger partial charge in [0, 0.05) is 51.4 Å². The van der Waals surface area contributed by atoms with Crippen molar-refractivity contribution in [2.24, 2.45) is 0 Å². The summed E-state index contributed by atoms with van der Waals surface area (Å²) in [6.07, 6.45) is 1.59. The summed E-state index contributed by atoms with van der Waals surface area (Å²) in [4.78, 5) is 20.8. The fourth-order valence-electron chi connectivity index (χ4n) is 4.35. The second-order valence-corrected chi connectivity index (χ2v) is 9.01. The third-order valence-corrected chi connectivity index (χ3v) is 6.08. The molecule has 0 radical (unpaired) electrons. The highest BCUT2D eigenvalue weighted by Gasteiger charge is 2.38. The first-order chi connectivity index (χ1) is 13.6. The van der Waals surface area contributed by atoms with Gasteiger partial charge in [-0.15, -0.1) is 0 Å². The zero-order chi connectivity index (χ0) is 21.6. The standard InChI is InChI=1S/C21H40F2N4O2/c1-6-7-19(4)29-16-21(22,23)15-25-12-17(2)27(18(3)13-25)14-20(28)26-10-8-24(5)9-11-26/h17-19H,6-16H2,1-5H3. The van der Waals surface area contributed by atoms with Gasteiger partial charge in [0.1, 0.15) is 6.61 Å². The van der Waals surface area contributed by atoms with Crippen LogP contribution < -0.4 is 0 Å². The zero-order valence-corrected chi connectivity index (χ0v) is 18.9. The molecule has 2 rings (SSSR count). The summed E-state index contributed by atoms with van der Waals surface area (Å²) in [5, 5.41) is 0. The molecular formula is C21H40F2N4O2. The van der Waals surface area contributed by atoms with Crippen molar-refractivity contribution in [1.29, 1.82) is 0 Å². The Morgan fingerprint density at radius 2 is 1.72 bits per heavy atom. The van der Waals surface area contributed by atoms with E-state index in [9.17, 15) is 13.6 Å². The number of amides is 1.